The number of hydrogen-bond acceptors (Lipinski definition) is 4. The van der Waals surface area contributed by atoms with Gasteiger partial charge in [-0.05, 0) is 77.0 Å². The van der Waals surface area contributed by atoms with Gasteiger partial charge in [-0.15, -0.1) is 0 Å². The zero-order chi connectivity index (χ0) is 21.8. The Morgan fingerprint density at radius 2 is 1.97 bits per heavy atom. The first-order valence-electron chi connectivity index (χ1n) is 9.83. The van der Waals surface area contributed by atoms with Gasteiger partial charge in [0.1, 0.15) is 5.82 Å². The van der Waals surface area contributed by atoms with Crippen molar-refractivity contribution in [2.45, 2.75) is 24.4 Å². The number of imidazole rings is 1. The maximum Gasteiger partial charge on any atom is 0.338 e. The summed E-state index contributed by atoms with van der Waals surface area (Å²) in [5, 5.41) is 0.819. The van der Waals surface area contributed by atoms with E-state index in [1.807, 2.05) is 24.3 Å². The summed E-state index contributed by atoms with van der Waals surface area (Å²) in [6.07, 6.45) is 0. The van der Waals surface area contributed by atoms with Crippen LogP contribution in [0.3, 0.4) is 0 Å². The maximum atomic E-state index is 13.8. The number of rotatable bonds is 7. The fraction of sp³-hybridized carbons (Fsp3) is 0.167. The molecule has 0 fully saturated rings. The highest BCUT2D eigenvalue weighted by atomic mass is 127. The Hall–Kier alpha value is -2.39. The van der Waals surface area contributed by atoms with E-state index in [0.717, 1.165) is 22.0 Å². The predicted molar refractivity (Wildman–Crippen MR) is 130 cm³/mol. The Labute approximate surface area is 198 Å². The number of ether oxygens (including phenoxy) is 1. The third kappa shape index (κ3) is 5.10. The normalized spacial score (nSPS) is 11.1. The molecule has 3 aromatic carbocycles. The van der Waals surface area contributed by atoms with Crippen LogP contribution in [0.25, 0.3) is 11.0 Å². The van der Waals surface area contributed by atoms with Gasteiger partial charge in [-0.25, -0.2) is 14.2 Å². The van der Waals surface area contributed by atoms with Gasteiger partial charge in [0.05, 0.1) is 29.7 Å². The molecule has 4 aromatic rings. The van der Waals surface area contributed by atoms with Crippen LogP contribution in [-0.2, 0) is 17.0 Å². The molecule has 0 radical (unpaired) electrons. The van der Waals surface area contributed by atoms with Crippen LogP contribution in [0.2, 0.25) is 0 Å². The maximum absolute atomic E-state index is 13.8. The van der Waals surface area contributed by atoms with Crippen molar-refractivity contribution in [2.75, 3.05) is 6.61 Å². The van der Waals surface area contributed by atoms with E-state index in [1.165, 1.54) is 21.3 Å². The molecule has 0 unspecified atom stereocenters. The summed E-state index contributed by atoms with van der Waals surface area (Å²) in [6, 6.07) is 20.2. The molecular formula is C24H20FIN2O2S. The number of nitrogens with zero attached hydrogens (tertiary/aromatic N) is 2. The van der Waals surface area contributed by atoms with E-state index in [0.29, 0.717) is 24.2 Å². The molecule has 7 heteroatoms. The molecule has 0 amide bonds. The number of fused-ring (bicyclic) bond motifs is 1. The largest absolute Gasteiger partial charge is 0.462 e. The second-order valence-corrected chi connectivity index (χ2v) is 9.02. The summed E-state index contributed by atoms with van der Waals surface area (Å²) in [5.74, 6) is 0.132. The van der Waals surface area contributed by atoms with Gasteiger partial charge in [0, 0.05) is 9.32 Å². The SMILES string of the molecule is CCOC(=O)c1ccc2c(c1)nc(SCc1ccccc1I)n2Cc1cccc(F)c1. The predicted octanol–water partition coefficient (Wildman–Crippen LogP) is 6.30. The van der Waals surface area contributed by atoms with Crippen molar-refractivity contribution in [2.24, 2.45) is 0 Å². The van der Waals surface area contributed by atoms with Crippen LogP contribution < -0.4 is 0 Å². The standard InChI is InChI=1S/C24H20FIN2O2S/c1-2-30-23(29)17-10-11-22-21(13-17)27-24(31-15-18-7-3-4-9-20(18)26)28(22)14-16-6-5-8-19(25)12-16/h3-13H,2,14-15H2,1H3. The number of thioether (sulfide) groups is 1. The molecule has 0 saturated heterocycles. The minimum Gasteiger partial charge on any atom is -0.462 e. The van der Waals surface area contributed by atoms with Gasteiger partial charge >= 0.3 is 5.97 Å². The van der Waals surface area contributed by atoms with E-state index < -0.39 is 0 Å². The molecule has 4 nitrogen and oxygen atoms in total. The van der Waals surface area contributed by atoms with Gasteiger partial charge in [0.15, 0.2) is 5.16 Å². The zero-order valence-corrected chi connectivity index (χ0v) is 19.8. The molecule has 1 heterocycles. The zero-order valence-electron chi connectivity index (χ0n) is 16.8. The van der Waals surface area contributed by atoms with E-state index in [2.05, 4.69) is 39.3 Å². The van der Waals surface area contributed by atoms with Crippen LogP contribution >= 0.6 is 34.4 Å². The van der Waals surface area contributed by atoms with Crippen molar-refractivity contribution in [1.82, 2.24) is 9.55 Å². The lowest BCUT2D eigenvalue weighted by Crippen LogP contribution is -2.05. The molecular weight excluding hydrogens is 526 g/mol. The van der Waals surface area contributed by atoms with Crippen LogP contribution in [0.4, 0.5) is 4.39 Å². The van der Waals surface area contributed by atoms with Crippen molar-refractivity contribution < 1.29 is 13.9 Å². The highest BCUT2D eigenvalue weighted by Crippen LogP contribution is 2.30. The van der Waals surface area contributed by atoms with Gasteiger partial charge < -0.3 is 9.30 Å². The Balaban J connectivity index is 1.72. The number of esters is 1. The van der Waals surface area contributed by atoms with Gasteiger partial charge in [-0.2, -0.15) is 0 Å². The van der Waals surface area contributed by atoms with Crippen LogP contribution in [0.15, 0.2) is 71.9 Å². The molecule has 0 saturated carbocycles. The Morgan fingerprint density at radius 3 is 2.74 bits per heavy atom. The van der Waals surface area contributed by atoms with Crippen LogP contribution in [0.1, 0.15) is 28.4 Å². The van der Waals surface area contributed by atoms with Gasteiger partial charge in [0.2, 0.25) is 0 Å². The Morgan fingerprint density at radius 1 is 1.13 bits per heavy atom. The van der Waals surface area contributed by atoms with Gasteiger partial charge in [-0.3, -0.25) is 0 Å². The molecule has 0 aliphatic rings. The highest BCUT2D eigenvalue weighted by molar-refractivity contribution is 14.1. The number of benzene rings is 3. The average molecular weight is 546 g/mol. The summed E-state index contributed by atoms with van der Waals surface area (Å²) in [5.41, 5.74) is 4.16. The third-order valence-electron chi connectivity index (χ3n) is 4.77. The fourth-order valence-electron chi connectivity index (χ4n) is 3.29. The van der Waals surface area contributed by atoms with Crippen molar-refractivity contribution in [1.29, 1.82) is 0 Å². The van der Waals surface area contributed by atoms with Crippen molar-refractivity contribution >= 4 is 51.4 Å². The van der Waals surface area contributed by atoms with E-state index >= 15 is 0 Å². The van der Waals surface area contributed by atoms with Crippen LogP contribution in [0, 0.1) is 9.39 Å². The quantitative estimate of drug-likeness (QED) is 0.155. The molecule has 158 valence electrons. The van der Waals surface area contributed by atoms with Gasteiger partial charge in [-0.1, -0.05) is 42.1 Å². The van der Waals surface area contributed by atoms with E-state index in [4.69, 9.17) is 9.72 Å². The monoisotopic (exact) mass is 546 g/mol. The number of carbonyl (C=O) groups excluding carboxylic acids is 1. The molecule has 0 atom stereocenters. The molecule has 0 aliphatic heterocycles. The van der Waals surface area contributed by atoms with Crippen molar-refractivity contribution in [3.8, 4) is 0 Å². The van der Waals surface area contributed by atoms with Crippen molar-refractivity contribution in [3.05, 3.63) is 92.8 Å². The van der Waals surface area contributed by atoms with E-state index in [9.17, 15) is 9.18 Å². The van der Waals surface area contributed by atoms with Crippen LogP contribution in [-0.4, -0.2) is 22.1 Å². The first kappa shape index (κ1) is 21.8. The summed E-state index contributed by atoms with van der Waals surface area (Å²) in [6.45, 7) is 2.59. The Kier molecular flexibility index (Phi) is 6.92. The Bertz CT molecular complexity index is 1240. The number of hydrogen-bond donors (Lipinski definition) is 0. The second kappa shape index (κ2) is 9.82. The first-order chi connectivity index (χ1) is 15.0. The summed E-state index contributed by atoms with van der Waals surface area (Å²) < 4.78 is 22.1. The molecule has 0 bridgehead atoms. The smallest absolute Gasteiger partial charge is 0.338 e. The molecule has 0 spiro atoms. The van der Waals surface area contributed by atoms with E-state index in [1.54, 1.807) is 36.9 Å². The molecule has 0 N–H and O–H groups in total. The second-order valence-electron chi connectivity index (χ2n) is 6.91. The van der Waals surface area contributed by atoms with Gasteiger partial charge in [0.25, 0.3) is 0 Å². The molecule has 0 aliphatic carbocycles. The lowest BCUT2D eigenvalue weighted by atomic mass is 10.2. The third-order valence-corrected chi connectivity index (χ3v) is 6.85. The number of halogens is 2. The number of aromatic nitrogens is 2. The average Bonchev–Trinajstić information content (AvgIpc) is 3.10. The molecule has 4 rings (SSSR count). The summed E-state index contributed by atoms with van der Waals surface area (Å²) >= 11 is 3.96. The minimum atomic E-state index is -0.364. The minimum absolute atomic E-state index is 0.264. The highest BCUT2D eigenvalue weighted by Gasteiger charge is 2.16. The number of carbonyl (C=O) groups is 1. The summed E-state index contributed by atoms with van der Waals surface area (Å²) in [4.78, 5) is 17.0. The fourth-order valence-corrected chi connectivity index (χ4v) is 5.14. The van der Waals surface area contributed by atoms with E-state index in [-0.39, 0.29) is 11.8 Å². The molecule has 1 aromatic heterocycles. The molecule has 31 heavy (non-hydrogen) atoms. The topological polar surface area (TPSA) is 44.1 Å². The first-order valence-corrected chi connectivity index (χ1v) is 11.9. The lowest BCUT2D eigenvalue weighted by Gasteiger charge is -2.10. The summed E-state index contributed by atoms with van der Waals surface area (Å²) in [7, 11) is 0. The van der Waals surface area contributed by atoms with Crippen LogP contribution in [0.5, 0.6) is 0 Å². The van der Waals surface area contributed by atoms with Crippen molar-refractivity contribution in [3.63, 3.8) is 0 Å². The lowest BCUT2D eigenvalue weighted by molar-refractivity contribution is 0.0526.